The Morgan fingerprint density at radius 3 is 0.500 bits per heavy atom. The largest absolute Gasteiger partial charge is 2.00 e. The van der Waals surface area contributed by atoms with E-state index in [4.69, 9.17) is 0 Å². The van der Waals surface area contributed by atoms with Crippen molar-refractivity contribution in [2.24, 2.45) is 0 Å². The molecule has 0 aliphatic heterocycles. The minimum absolute atomic E-state index is 0. The van der Waals surface area contributed by atoms with Crippen LogP contribution in [0.25, 0.3) is 0 Å². The molecule has 0 aliphatic rings. The Bertz CT molecular complexity index is 7.51. The van der Waals surface area contributed by atoms with Gasteiger partial charge in [-0.3, -0.25) is 0 Å². The zero-order valence-corrected chi connectivity index (χ0v) is 6.77. The van der Waals surface area contributed by atoms with E-state index in [2.05, 4.69) is 0 Å². The molecular formula is H4NiO4Zn. The van der Waals surface area contributed by atoms with Crippen molar-refractivity contribution < 1.29 is 57.9 Å². The Labute approximate surface area is 58.2 Å². The van der Waals surface area contributed by atoms with Crippen LogP contribution in [-0.2, 0) is 36.0 Å². The van der Waals surface area contributed by atoms with E-state index in [0.29, 0.717) is 0 Å². The van der Waals surface area contributed by atoms with Crippen LogP contribution >= 0.6 is 0 Å². The molecule has 0 aromatic heterocycles. The van der Waals surface area contributed by atoms with E-state index in [1.165, 1.54) is 0 Å². The van der Waals surface area contributed by atoms with Gasteiger partial charge in [0, 0.05) is 0 Å². The van der Waals surface area contributed by atoms with Gasteiger partial charge in [-0.15, -0.1) is 0 Å². The summed E-state index contributed by atoms with van der Waals surface area (Å²) in [7, 11) is 0. The smallest absolute Gasteiger partial charge is 0.870 e. The summed E-state index contributed by atoms with van der Waals surface area (Å²) in [4.78, 5) is 0. The van der Waals surface area contributed by atoms with Crippen LogP contribution in [-0.4, -0.2) is 21.9 Å². The Morgan fingerprint density at radius 2 is 0.500 bits per heavy atom. The van der Waals surface area contributed by atoms with Gasteiger partial charge in [-0.25, -0.2) is 0 Å². The summed E-state index contributed by atoms with van der Waals surface area (Å²) >= 11 is 0. The Morgan fingerprint density at radius 1 is 0.500 bits per heavy atom. The monoisotopic (exact) mass is 190 g/mol. The average molecular weight is 192 g/mol. The molecule has 6 heavy (non-hydrogen) atoms. The molecule has 0 aliphatic carbocycles. The zero-order chi connectivity index (χ0) is 0. The van der Waals surface area contributed by atoms with Gasteiger partial charge in [0.15, 0.2) is 0 Å². The first-order chi connectivity index (χ1) is 0. The molecule has 6 heteroatoms. The third kappa shape index (κ3) is 84.8. The van der Waals surface area contributed by atoms with Crippen molar-refractivity contribution in [1.82, 2.24) is 0 Å². The van der Waals surface area contributed by atoms with Gasteiger partial charge in [-0.2, -0.15) is 0 Å². The van der Waals surface area contributed by atoms with E-state index in [1.807, 2.05) is 0 Å². The molecule has 0 bridgehead atoms. The van der Waals surface area contributed by atoms with Gasteiger partial charge in [-0.1, -0.05) is 0 Å². The summed E-state index contributed by atoms with van der Waals surface area (Å²) in [5.41, 5.74) is 0. The number of hydrogen-bond donors (Lipinski definition) is 0. The Hall–Kier alpha value is 0.957. The maximum atomic E-state index is 0. The van der Waals surface area contributed by atoms with Crippen molar-refractivity contribution in [3.05, 3.63) is 0 Å². The molecule has 0 rings (SSSR count). The van der Waals surface area contributed by atoms with Gasteiger partial charge >= 0.3 is 36.0 Å². The molecule has 0 saturated heterocycles. The molecule has 0 spiro atoms. The van der Waals surface area contributed by atoms with Crippen LogP contribution in [0.5, 0.6) is 0 Å². The van der Waals surface area contributed by atoms with Crippen molar-refractivity contribution in [1.29, 1.82) is 0 Å². The molecule has 0 atom stereocenters. The van der Waals surface area contributed by atoms with Crippen molar-refractivity contribution in [3.63, 3.8) is 0 Å². The van der Waals surface area contributed by atoms with Crippen LogP contribution in [0.2, 0.25) is 0 Å². The molecule has 40 valence electrons. The van der Waals surface area contributed by atoms with Gasteiger partial charge in [0.05, 0.1) is 0 Å². The van der Waals surface area contributed by atoms with Gasteiger partial charge in [0.2, 0.25) is 0 Å². The third-order valence-corrected chi connectivity index (χ3v) is 0. The zero-order valence-electron chi connectivity index (χ0n) is 2.81. The average Bonchev–Trinajstić information content (AvgIpc) is 0. The predicted molar refractivity (Wildman–Crippen MR) is 7.74 cm³/mol. The molecule has 0 aromatic carbocycles. The van der Waals surface area contributed by atoms with E-state index in [9.17, 15) is 0 Å². The summed E-state index contributed by atoms with van der Waals surface area (Å²) < 4.78 is 0. The fourth-order valence-corrected chi connectivity index (χ4v) is 0. The van der Waals surface area contributed by atoms with Crippen LogP contribution < -0.4 is 0 Å². The van der Waals surface area contributed by atoms with Gasteiger partial charge < -0.3 is 21.9 Å². The Kier molecular flexibility index (Phi) is 7180. The molecule has 0 amide bonds. The normalized spacial score (nSPS) is 0. The summed E-state index contributed by atoms with van der Waals surface area (Å²) in [5, 5.41) is 0. The molecule has 0 radical (unpaired) electrons. The quantitative estimate of drug-likeness (QED) is 0.470. The van der Waals surface area contributed by atoms with E-state index in [1.54, 1.807) is 0 Å². The molecule has 0 saturated carbocycles. The molecule has 0 aromatic rings. The van der Waals surface area contributed by atoms with Crippen LogP contribution in [0.15, 0.2) is 0 Å². The maximum Gasteiger partial charge on any atom is 2.00 e. The minimum Gasteiger partial charge on any atom is -0.870 e. The first kappa shape index (κ1) is 270. The van der Waals surface area contributed by atoms with E-state index >= 15 is 0 Å². The van der Waals surface area contributed by atoms with Crippen molar-refractivity contribution >= 4 is 0 Å². The molecule has 4 nitrogen and oxygen atoms in total. The first-order valence-electron chi connectivity index (χ1n) is 0. The van der Waals surface area contributed by atoms with Crippen LogP contribution in [0.1, 0.15) is 0 Å². The molecule has 4 N–H and O–H groups in total. The van der Waals surface area contributed by atoms with E-state index in [-0.39, 0.29) is 57.9 Å². The van der Waals surface area contributed by atoms with Crippen molar-refractivity contribution in [2.75, 3.05) is 0 Å². The molecular weight excluding hydrogens is 188 g/mol. The summed E-state index contributed by atoms with van der Waals surface area (Å²) in [5.74, 6) is 0. The van der Waals surface area contributed by atoms with E-state index < -0.39 is 0 Å². The standard InChI is InChI=1S/Ni.4H2O.Zn/h;4*1H2;/q+2;;;;;+2/p-4. The predicted octanol–water partition coefficient (Wildman–Crippen LogP) is -0.712. The van der Waals surface area contributed by atoms with Gasteiger partial charge in [0.25, 0.3) is 0 Å². The topological polar surface area (TPSA) is 120 Å². The van der Waals surface area contributed by atoms with Crippen LogP contribution in [0.3, 0.4) is 0 Å². The van der Waals surface area contributed by atoms with Crippen LogP contribution in [0, 0.1) is 0 Å². The second kappa shape index (κ2) is 160. The molecule has 0 heterocycles. The fourth-order valence-electron chi connectivity index (χ4n) is 0. The summed E-state index contributed by atoms with van der Waals surface area (Å²) in [6.07, 6.45) is 0. The van der Waals surface area contributed by atoms with Gasteiger partial charge in [-0.05, 0) is 0 Å². The molecule has 0 unspecified atom stereocenters. The summed E-state index contributed by atoms with van der Waals surface area (Å²) in [6.45, 7) is 0. The van der Waals surface area contributed by atoms with Crippen LogP contribution in [0.4, 0.5) is 0 Å². The Balaban J connectivity index is 0. The van der Waals surface area contributed by atoms with E-state index in [0.717, 1.165) is 0 Å². The maximum absolute atomic E-state index is 0. The SMILES string of the molecule is [Ni+2].[OH-].[OH-].[OH-].[OH-].[Zn+2]. The second-order valence-electron chi connectivity index (χ2n) is 0. The van der Waals surface area contributed by atoms with Gasteiger partial charge in [0.1, 0.15) is 0 Å². The summed E-state index contributed by atoms with van der Waals surface area (Å²) in [6, 6.07) is 0. The minimum atomic E-state index is 0. The van der Waals surface area contributed by atoms with Crippen molar-refractivity contribution in [2.45, 2.75) is 0 Å². The fraction of sp³-hybridized carbons (Fsp3) is 0. The first-order valence-corrected chi connectivity index (χ1v) is 0. The number of hydrogen-bond acceptors (Lipinski definition) is 4. The van der Waals surface area contributed by atoms with Crippen molar-refractivity contribution in [3.8, 4) is 0 Å². The second-order valence-corrected chi connectivity index (χ2v) is 0. The third-order valence-electron chi connectivity index (χ3n) is 0. The molecule has 0 fully saturated rings. The number of rotatable bonds is 0.